The highest BCUT2D eigenvalue weighted by molar-refractivity contribution is 6.31. The standard InChI is InChI=1S/C14H19ClN2O2/c1-19-14(18)12-7-2-9(15)8-13(12)17-11-5-3-10(16)4-6-11/h2,7-8,10-11,17H,3-6,16H2,1H3. The monoisotopic (exact) mass is 282 g/mol. The molecular formula is C14H19ClN2O2. The highest BCUT2D eigenvalue weighted by Crippen LogP contribution is 2.26. The summed E-state index contributed by atoms with van der Waals surface area (Å²) in [5, 5.41) is 3.98. The van der Waals surface area contributed by atoms with E-state index in [1.807, 2.05) is 0 Å². The van der Waals surface area contributed by atoms with Crippen LogP contribution in [0.15, 0.2) is 18.2 Å². The van der Waals surface area contributed by atoms with Crippen molar-refractivity contribution in [2.75, 3.05) is 12.4 Å². The fourth-order valence-corrected chi connectivity index (χ4v) is 2.58. The van der Waals surface area contributed by atoms with Crippen LogP contribution in [-0.2, 0) is 4.74 Å². The molecule has 19 heavy (non-hydrogen) atoms. The van der Waals surface area contributed by atoms with Crippen LogP contribution in [0.3, 0.4) is 0 Å². The number of anilines is 1. The highest BCUT2D eigenvalue weighted by atomic mass is 35.5. The molecule has 1 aromatic rings. The smallest absolute Gasteiger partial charge is 0.339 e. The predicted octanol–water partition coefficient (Wildman–Crippen LogP) is 2.81. The number of carbonyl (C=O) groups is 1. The van der Waals surface area contributed by atoms with E-state index in [-0.39, 0.29) is 5.97 Å². The fourth-order valence-electron chi connectivity index (χ4n) is 2.41. The van der Waals surface area contributed by atoms with Gasteiger partial charge in [0.2, 0.25) is 0 Å². The van der Waals surface area contributed by atoms with Crippen molar-refractivity contribution in [2.45, 2.75) is 37.8 Å². The molecule has 0 heterocycles. The second-order valence-electron chi connectivity index (χ2n) is 4.94. The molecule has 1 aliphatic rings. The molecule has 0 aliphatic heterocycles. The lowest BCUT2D eigenvalue weighted by molar-refractivity contribution is 0.0602. The molecule has 1 fully saturated rings. The number of nitrogens with one attached hydrogen (secondary N) is 1. The van der Waals surface area contributed by atoms with E-state index < -0.39 is 0 Å². The maximum absolute atomic E-state index is 11.7. The van der Waals surface area contributed by atoms with Gasteiger partial charge in [0.25, 0.3) is 0 Å². The maximum Gasteiger partial charge on any atom is 0.339 e. The van der Waals surface area contributed by atoms with E-state index in [2.05, 4.69) is 5.32 Å². The first-order valence-corrected chi connectivity index (χ1v) is 6.88. The Kier molecular flexibility index (Phi) is 4.66. The summed E-state index contributed by atoms with van der Waals surface area (Å²) in [6, 6.07) is 5.78. The van der Waals surface area contributed by atoms with E-state index in [4.69, 9.17) is 22.1 Å². The lowest BCUT2D eigenvalue weighted by Crippen LogP contribution is -2.33. The third-order valence-corrected chi connectivity index (χ3v) is 3.75. The Hall–Kier alpha value is -1.26. The summed E-state index contributed by atoms with van der Waals surface area (Å²) in [5.41, 5.74) is 7.14. The number of carbonyl (C=O) groups excluding carboxylic acids is 1. The predicted molar refractivity (Wildman–Crippen MR) is 76.6 cm³/mol. The minimum absolute atomic E-state index is 0.303. The molecule has 1 aliphatic carbocycles. The molecule has 3 N–H and O–H groups in total. The van der Waals surface area contributed by atoms with Crippen LogP contribution >= 0.6 is 11.6 Å². The van der Waals surface area contributed by atoms with Gasteiger partial charge >= 0.3 is 5.97 Å². The summed E-state index contributed by atoms with van der Waals surface area (Å²) in [5.74, 6) is -0.355. The molecule has 0 atom stereocenters. The third-order valence-electron chi connectivity index (χ3n) is 3.52. The van der Waals surface area contributed by atoms with Crippen LogP contribution < -0.4 is 11.1 Å². The van der Waals surface area contributed by atoms with Gasteiger partial charge in [-0.25, -0.2) is 4.79 Å². The van der Waals surface area contributed by atoms with Crippen molar-refractivity contribution >= 4 is 23.3 Å². The van der Waals surface area contributed by atoms with Gasteiger partial charge in [-0.2, -0.15) is 0 Å². The average Bonchev–Trinajstić information content (AvgIpc) is 2.41. The molecule has 0 radical (unpaired) electrons. The molecule has 0 bridgehead atoms. The number of ether oxygens (including phenoxy) is 1. The normalized spacial score (nSPS) is 22.9. The molecule has 5 heteroatoms. The molecule has 1 aromatic carbocycles. The Morgan fingerprint density at radius 2 is 2.05 bits per heavy atom. The molecule has 0 saturated heterocycles. The number of esters is 1. The first-order chi connectivity index (χ1) is 9.10. The molecule has 104 valence electrons. The highest BCUT2D eigenvalue weighted by Gasteiger charge is 2.20. The summed E-state index contributed by atoms with van der Waals surface area (Å²) in [7, 11) is 1.38. The van der Waals surface area contributed by atoms with Crippen molar-refractivity contribution in [2.24, 2.45) is 5.73 Å². The van der Waals surface area contributed by atoms with Crippen molar-refractivity contribution in [3.05, 3.63) is 28.8 Å². The first kappa shape index (κ1) is 14.2. The summed E-state index contributed by atoms with van der Waals surface area (Å²) in [6.07, 6.45) is 4.03. The van der Waals surface area contributed by atoms with Crippen molar-refractivity contribution in [1.29, 1.82) is 0 Å². The van der Waals surface area contributed by atoms with Crippen LogP contribution in [0.2, 0.25) is 5.02 Å². The van der Waals surface area contributed by atoms with Gasteiger partial charge in [0, 0.05) is 17.1 Å². The lowest BCUT2D eigenvalue weighted by Gasteiger charge is -2.28. The van der Waals surface area contributed by atoms with Crippen molar-refractivity contribution in [1.82, 2.24) is 0 Å². The van der Waals surface area contributed by atoms with Crippen LogP contribution in [-0.4, -0.2) is 25.2 Å². The first-order valence-electron chi connectivity index (χ1n) is 6.50. The van der Waals surface area contributed by atoms with Crippen LogP contribution in [0.25, 0.3) is 0 Å². The molecular weight excluding hydrogens is 264 g/mol. The topological polar surface area (TPSA) is 64.3 Å². The van der Waals surface area contributed by atoms with Crippen LogP contribution in [0.4, 0.5) is 5.69 Å². The van der Waals surface area contributed by atoms with Gasteiger partial charge in [-0.3, -0.25) is 0 Å². The van der Waals surface area contributed by atoms with E-state index in [9.17, 15) is 4.79 Å². The quantitative estimate of drug-likeness (QED) is 0.837. The van der Waals surface area contributed by atoms with Gasteiger partial charge in [0.1, 0.15) is 0 Å². The van der Waals surface area contributed by atoms with Gasteiger partial charge < -0.3 is 15.8 Å². The van der Waals surface area contributed by atoms with Crippen LogP contribution in [0.1, 0.15) is 36.0 Å². The van der Waals surface area contributed by atoms with Crippen molar-refractivity contribution < 1.29 is 9.53 Å². The molecule has 4 nitrogen and oxygen atoms in total. The van der Waals surface area contributed by atoms with Gasteiger partial charge in [-0.15, -0.1) is 0 Å². The fraction of sp³-hybridized carbons (Fsp3) is 0.500. The second kappa shape index (κ2) is 6.26. The van der Waals surface area contributed by atoms with Crippen LogP contribution in [0, 0.1) is 0 Å². The number of hydrogen-bond acceptors (Lipinski definition) is 4. The number of rotatable bonds is 3. The van der Waals surface area contributed by atoms with E-state index in [1.54, 1.807) is 18.2 Å². The number of halogens is 1. The summed E-state index contributed by atoms with van der Waals surface area (Å²) in [4.78, 5) is 11.7. The zero-order valence-electron chi connectivity index (χ0n) is 11.0. The summed E-state index contributed by atoms with van der Waals surface area (Å²) >= 11 is 5.99. The molecule has 0 spiro atoms. The largest absolute Gasteiger partial charge is 0.465 e. The number of hydrogen-bond donors (Lipinski definition) is 2. The Balaban J connectivity index is 2.14. The summed E-state index contributed by atoms with van der Waals surface area (Å²) in [6.45, 7) is 0. The minimum atomic E-state index is -0.355. The van der Waals surface area contributed by atoms with E-state index in [1.165, 1.54) is 7.11 Å². The summed E-state index contributed by atoms with van der Waals surface area (Å²) < 4.78 is 4.78. The average molecular weight is 283 g/mol. The Morgan fingerprint density at radius 3 is 2.68 bits per heavy atom. The van der Waals surface area contributed by atoms with E-state index >= 15 is 0 Å². The molecule has 2 rings (SSSR count). The lowest BCUT2D eigenvalue weighted by atomic mass is 9.91. The van der Waals surface area contributed by atoms with E-state index in [0.29, 0.717) is 22.7 Å². The van der Waals surface area contributed by atoms with Gasteiger partial charge in [0.05, 0.1) is 18.4 Å². The minimum Gasteiger partial charge on any atom is -0.465 e. The van der Waals surface area contributed by atoms with Crippen molar-refractivity contribution in [3.63, 3.8) is 0 Å². The Morgan fingerprint density at radius 1 is 1.37 bits per heavy atom. The van der Waals surface area contributed by atoms with Gasteiger partial charge in [-0.1, -0.05) is 11.6 Å². The Labute approximate surface area is 118 Å². The molecule has 0 unspecified atom stereocenters. The zero-order valence-corrected chi connectivity index (χ0v) is 11.7. The SMILES string of the molecule is COC(=O)c1ccc(Cl)cc1NC1CCC(N)CC1. The molecule has 0 amide bonds. The Bertz CT molecular complexity index is 457. The zero-order chi connectivity index (χ0) is 13.8. The number of methoxy groups -OCH3 is 1. The van der Waals surface area contributed by atoms with Crippen LogP contribution in [0.5, 0.6) is 0 Å². The number of benzene rings is 1. The van der Waals surface area contributed by atoms with Crippen molar-refractivity contribution in [3.8, 4) is 0 Å². The second-order valence-corrected chi connectivity index (χ2v) is 5.37. The van der Waals surface area contributed by atoms with E-state index in [0.717, 1.165) is 31.4 Å². The third kappa shape index (κ3) is 3.61. The maximum atomic E-state index is 11.7. The van der Waals surface area contributed by atoms with Gasteiger partial charge in [0.15, 0.2) is 0 Å². The molecule has 1 saturated carbocycles. The number of nitrogens with two attached hydrogens (primary N) is 1. The molecule has 0 aromatic heterocycles. The van der Waals surface area contributed by atoms with Gasteiger partial charge in [-0.05, 0) is 43.9 Å².